The fourth-order valence-electron chi connectivity index (χ4n) is 2.16. The number of likely N-dealkylation sites (N-methyl/N-ethyl adjacent to an activating group) is 1. The molecule has 0 radical (unpaired) electrons. The molecule has 1 rings (SSSR count). The summed E-state index contributed by atoms with van der Waals surface area (Å²) < 4.78 is 0. The Kier molecular flexibility index (Phi) is 7.82. The maximum Gasteiger partial charge on any atom is 0.320 e. The third-order valence-corrected chi connectivity index (χ3v) is 4.16. The number of carboxylic acids is 1. The van der Waals surface area contributed by atoms with Crippen molar-refractivity contribution < 1.29 is 14.7 Å². The van der Waals surface area contributed by atoms with Crippen molar-refractivity contribution in [3.8, 4) is 0 Å². The topological polar surface area (TPSA) is 69.6 Å². The van der Waals surface area contributed by atoms with Crippen molar-refractivity contribution in [3.63, 3.8) is 0 Å². The van der Waals surface area contributed by atoms with Crippen LogP contribution in [-0.4, -0.2) is 41.5 Å². The van der Waals surface area contributed by atoms with Crippen LogP contribution < -0.4 is 5.32 Å². The highest BCUT2D eigenvalue weighted by molar-refractivity contribution is 6.34. The van der Waals surface area contributed by atoms with Crippen LogP contribution in [0.25, 0.3) is 0 Å². The molecule has 0 aliphatic heterocycles. The zero-order chi connectivity index (χ0) is 17.6. The fraction of sp³-hybridized carbons (Fsp3) is 0.500. The Labute approximate surface area is 146 Å². The lowest BCUT2D eigenvalue weighted by Gasteiger charge is -2.22. The second-order valence-corrected chi connectivity index (χ2v) is 6.48. The van der Waals surface area contributed by atoms with E-state index in [0.29, 0.717) is 16.6 Å². The van der Waals surface area contributed by atoms with Gasteiger partial charge in [0.25, 0.3) is 0 Å². The summed E-state index contributed by atoms with van der Waals surface area (Å²) in [7, 11) is 1.65. The van der Waals surface area contributed by atoms with Gasteiger partial charge in [-0.2, -0.15) is 0 Å². The number of hydrogen-bond donors (Lipinski definition) is 2. The Hall–Kier alpha value is -1.30. The van der Waals surface area contributed by atoms with Crippen LogP contribution in [0.1, 0.15) is 25.8 Å². The predicted octanol–water partition coefficient (Wildman–Crippen LogP) is 3.04. The summed E-state index contributed by atoms with van der Waals surface area (Å²) in [6, 6.07) is 4.37. The van der Waals surface area contributed by atoms with Gasteiger partial charge in [0.15, 0.2) is 0 Å². The van der Waals surface area contributed by atoms with E-state index < -0.39 is 12.0 Å². The molecule has 0 heterocycles. The van der Waals surface area contributed by atoms with Crippen LogP contribution >= 0.6 is 23.2 Å². The van der Waals surface area contributed by atoms with Crippen molar-refractivity contribution in [3.05, 3.63) is 33.8 Å². The van der Waals surface area contributed by atoms with Crippen LogP contribution in [0.3, 0.4) is 0 Å². The molecule has 0 aliphatic carbocycles. The molecule has 128 valence electrons. The molecule has 1 amide bonds. The second-order valence-electron chi connectivity index (χ2n) is 5.61. The van der Waals surface area contributed by atoms with E-state index >= 15 is 0 Å². The summed E-state index contributed by atoms with van der Waals surface area (Å²) in [4.78, 5) is 24.9. The minimum absolute atomic E-state index is 0.0356. The van der Waals surface area contributed by atoms with Crippen LogP contribution in [0.2, 0.25) is 10.0 Å². The standard InChI is InChI=1S/C16H22Cl2N2O3/c1-4-10(2)15(16(22)23)19-8-14(21)20(3)9-11-5-12(17)7-13(18)6-11/h5-7,10,15,19H,4,8-9H2,1-3H3,(H,22,23)/t10-,15-/m0/s1. The molecule has 1 aromatic carbocycles. The molecule has 5 nitrogen and oxygen atoms in total. The normalized spacial score (nSPS) is 13.4. The van der Waals surface area contributed by atoms with E-state index in [4.69, 9.17) is 23.2 Å². The van der Waals surface area contributed by atoms with Gasteiger partial charge in [0.2, 0.25) is 5.91 Å². The summed E-state index contributed by atoms with van der Waals surface area (Å²) in [5, 5.41) is 13.0. The van der Waals surface area contributed by atoms with Gasteiger partial charge in [0, 0.05) is 23.6 Å². The van der Waals surface area contributed by atoms with Crippen molar-refractivity contribution in [1.29, 1.82) is 0 Å². The average Bonchev–Trinajstić information content (AvgIpc) is 2.45. The van der Waals surface area contributed by atoms with E-state index in [1.807, 2.05) is 13.8 Å². The number of halogens is 2. The maximum atomic E-state index is 12.2. The average molecular weight is 361 g/mol. The van der Waals surface area contributed by atoms with Crippen LogP contribution in [0.4, 0.5) is 0 Å². The van der Waals surface area contributed by atoms with E-state index in [1.54, 1.807) is 25.2 Å². The number of carbonyl (C=O) groups is 2. The van der Waals surface area contributed by atoms with Gasteiger partial charge in [-0.3, -0.25) is 14.9 Å². The Morgan fingerprint density at radius 1 is 1.26 bits per heavy atom. The molecular weight excluding hydrogens is 339 g/mol. The molecule has 0 aromatic heterocycles. The number of amides is 1. The molecular formula is C16H22Cl2N2O3. The van der Waals surface area contributed by atoms with E-state index in [0.717, 1.165) is 12.0 Å². The zero-order valence-corrected chi connectivity index (χ0v) is 15.0. The van der Waals surface area contributed by atoms with Gasteiger partial charge in [0.1, 0.15) is 6.04 Å². The zero-order valence-electron chi connectivity index (χ0n) is 13.5. The predicted molar refractivity (Wildman–Crippen MR) is 91.8 cm³/mol. The highest BCUT2D eigenvalue weighted by atomic mass is 35.5. The molecule has 0 saturated heterocycles. The highest BCUT2D eigenvalue weighted by Gasteiger charge is 2.24. The number of nitrogens with zero attached hydrogens (tertiary/aromatic N) is 1. The van der Waals surface area contributed by atoms with E-state index in [2.05, 4.69) is 5.32 Å². The number of carboxylic acid groups (broad SMARTS) is 1. The highest BCUT2D eigenvalue weighted by Crippen LogP contribution is 2.20. The first-order chi connectivity index (χ1) is 10.7. The lowest BCUT2D eigenvalue weighted by molar-refractivity contribution is -0.141. The third kappa shape index (κ3) is 6.37. The van der Waals surface area contributed by atoms with Crippen molar-refractivity contribution in [2.24, 2.45) is 5.92 Å². The number of benzene rings is 1. The van der Waals surface area contributed by atoms with Crippen LogP contribution in [0, 0.1) is 5.92 Å². The van der Waals surface area contributed by atoms with Gasteiger partial charge in [-0.05, 0) is 29.7 Å². The summed E-state index contributed by atoms with van der Waals surface area (Å²) in [5.74, 6) is -1.20. The number of nitrogens with one attached hydrogen (secondary N) is 1. The van der Waals surface area contributed by atoms with Gasteiger partial charge < -0.3 is 10.0 Å². The Balaban J connectivity index is 2.61. The second kappa shape index (κ2) is 9.11. The fourth-order valence-corrected chi connectivity index (χ4v) is 2.74. The van der Waals surface area contributed by atoms with Gasteiger partial charge in [-0.25, -0.2) is 0 Å². The molecule has 0 spiro atoms. The Bertz CT molecular complexity index is 546. The molecule has 7 heteroatoms. The van der Waals surface area contributed by atoms with Gasteiger partial charge >= 0.3 is 5.97 Å². The minimum Gasteiger partial charge on any atom is -0.480 e. The summed E-state index contributed by atoms with van der Waals surface area (Å²) in [5.41, 5.74) is 0.815. The largest absolute Gasteiger partial charge is 0.480 e. The van der Waals surface area contributed by atoms with Crippen LogP contribution in [0.15, 0.2) is 18.2 Å². The van der Waals surface area contributed by atoms with E-state index in [9.17, 15) is 14.7 Å². The molecule has 2 atom stereocenters. The van der Waals surface area contributed by atoms with Crippen molar-refractivity contribution in [1.82, 2.24) is 10.2 Å². The molecule has 0 saturated carbocycles. The van der Waals surface area contributed by atoms with Crippen molar-refractivity contribution >= 4 is 35.1 Å². The number of carbonyl (C=O) groups excluding carboxylic acids is 1. The van der Waals surface area contributed by atoms with Crippen LogP contribution in [-0.2, 0) is 16.1 Å². The van der Waals surface area contributed by atoms with E-state index in [1.165, 1.54) is 4.90 Å². The van der Waals surface area contributed by atoms with Gasteiger partial charge in [-0.1, -0.05) is 43.5 Å². The Morgan fingerprint density at radius 2 is 1.83 bits per heavy atom. The lowest BCUT2D eigenvalue weighted by Crippen LogP contribution is -2.46. The molecule has 1 aromatic rings. The van der Waals surface area contributed by atoms with Gasteiger partial charge in [-0.15, -0.1) is 0 Å². The molecule has 23 heavy (non-hydrogen) atoms. The summed E-state index contributed by atoms with van der Waals surface area (Å²) >= 11 is 11.9. The molecule has 0 bridgehead atoms. The number of hydrogen-bond acceptors (Lipinski definition) is 3. The first-order valence-electron chi connectivity index (χ1n) is 7.39. The molecule has 0 unspecified atom stereocenters. The molecule has 0 aliphatic rings. The SMILES string of the molecule is CC[C@H](C)[C@H](NCC(=O)N(C)Cc1cc(Cl)cc(Cl)c1)C(=O)O. The Morgan fingerprint density at radius 3 is 2.30 bits per heavy atom. The number of aliphatic carboxylic acids is 1. The minimum atomic E-state index is -0.948. The van der Waals surface area contributed by atoms with Crippen molar-refractivity contribution in [2.45, 2.75) is 32.9 Å². The van der Waals surface area contributed by atoms with E-state index in [-0.39, 0.29) is 18.4 Å². The molecule has 0 fully saturated rings. The van der Waals surface area contributed by atoms with Gasteiger partial charge in [0.05, 0.1) is 6.54 Å². The first kappa shape index (κ1) is 19.7. The monoisotopic (exact) mass is 360 g/mol. The first-order valence-corrected chi connectivity index (χ1v) is 8.15. The van der Waals surface area contributed by atoms with Crippen LogP contribution in [0.5, 0.6) is 0 Å². The molecule has 2 N–H and O–H groups in total. The van der Waals surface area contributed by atoms with Crippen molar-refractivity contribution in [2.75, 3.05) is 13.6 Å². The smallest absolute Gasteiger partial charge is 0.320 e. The number of rotatable bonds is 8. The summed E-state index contributed by atoms with van der Waals surface area (Å²) in [6.07, 6.45) is 0.717. The summed E-state index contributed by atoms with van der Waals surface area (Å²) in [6.45, 7) is 4.07. The lowest BCUT2D eigenvalue weighted by atomic mass is 9.99. The quantitative estimate of drug-likeness (QED) is 0.747. The maximum absolute atomic E-state index is 12.2. The third-order valence-electron chi connectivity index (χ3n) is 3.72.